The van der Waals surface area contributed by atoms with Crippen molar-refractivity contribution in [3.63, 3.8) is 0 Å². The second-order valence-corrected chi connectivity index (χ2v) is 7.37. The maximum absolute atomic E-state index is 3.68. The van der Waals surface area contributed by atoms with Gasteiger partial charge in [-0.3, -0.25) is 0 Å². The molecule has 1 nitrogen and oxygen atoms in total. The third kappa shape index (κ3) is 5.69. The van der Waals surface area contributed by atoms with Crippen molar-refractivity contribution in [2.24, 2.45) is 5.41 Å². The van der Waals surface area contributed by atoms with Crippen LogP contribution < -0.4 is 5.32 Å². The fourth-order valence-electron chi connectivity index (χ4n) is 1.88. The van der Waals surface area contributed by atoms with Crippen LogP contribution in [0, 0.1) is 12.3 Å². The van der Waals surface area contributed by atoms with E-state index in [0.29, 0.717) is 11.5 Å². The Morgan fingerprint density at radius 1 is 1.29 bits per heavy atom. The largest absolute Gasteiger partial charge is 0.309 e. The van der Waals surface area contributed by atoms with Crippen LogP contribution in [0.25, 0.3) is 0 Å². The molecule has 0 aromatic carbocycles. The van der Waals surface area contributed by atoms with Gasteiger partial charge in [0.05, 0.1) is 0 Å². The van der Waals surface area contributed by atoms with E-state index in [9.17, 15) is 0 Å². The first-order valence-corrected chi connectivity index (χ1v) is 7.54. The van der Waals surface area contributed by atoms with E-state index in [-0.39, 0.29) is 0 Å². The molecule has 1 aromatic rings. The molecule has 0 bridgehead atoms. The van der Waals surface area contributed by atoms with Crippen LogP contribution in [0.3, 0.4) is 0 Å². The maximum atomic E-state index is 3.68. The molecule has 2 heteroatoms. The molecule has 0 spiro atoms. The Balaban J connectivity index is 2.60. The highest BCUT2D eigenvalue weighted by Crippen LogP contribution is 2.30. The molecule has 17 heavy (non-hydrogen) atoms. The van der Waals surface area contributed by atoms with E-state index in [1.54, 1.807) is 0 Å². The Hall–Kier alpha value is -0.340. The van der Waals surface area contributed by atoms with Gasteiger partial charge in [0.25, 0.3) is 0 Å². The summed E-state index contributed by atoms with van der Waals surface area (Å²) in [5.74, 6) is 0. The zero-order valence-corrected chi connectivity index (χ0v) is 12.8. The summed E-state index contributed by atoms with van der Waals surface area (Å²) in [7, 11) is 0. The van der Waals surface area contributed by atoms with Crippen molar-refractivity contribution in [2.45, 2.75) is 59.9 Å². The van der Waals surface area contributed by atoms with Crippen LogP contribution in [0.4, 0.5) is 0 Å². The van der Waals surface area contributed by atoms with Gasteiger partial charge in [0, 0.05) is 15.8 Å². The number of rotatable bonds is 6. The molecule has 0 aliphatic heterocycles. The Bertz CT molecular complexity index is 322. The number of thiophene rings is 1. The van der Waals surface area contributed by atoms with Crippen LogP contribution in [0.2, 0.25) is 0 Å². The highest BCUT2D eigenvalue weighted by atomic mass is 32.1. The molecular formula is C15H27NS. The summed E-state index contributed by atoms with van der Waals surface area (Å²) in [6, 6.07) is 5.07. The SMILES string of the molecule is CCCNC(CCC(C)(C)C)c1ccc(C)s1. The Kier molecular flexibility index (Phi) is 5.68. The second-order valence-electron chi connectivity index (χ2n) is 6.05. The molecular weight excluding hydrogens is 226 g/mol. The lowest BCUT2D eigenvalue weighted by atomic mass is 9.88. The first-order chi connectivity index (χ1) is 7.92. The van der Waals surface area contributed by atoms with Gasteiger partial charge >= 0.3 is 0 Å². The summed E-state index contributed by atoms with van der Waals surface area (Å²) in [5, 5.41) is 3.68. The van der Waals surface area contributed by atoms with Crippen molar-refractivity contribution in [2.75, 3.05) is 6.54 Å². The summed E-state index contributed by atoms with van der Waals surface area (Å²) in [5.41, 5.74) is 0.429. The number of aryl methyl sites for hydroxylation is 1. The van der Waals surface area contributed by atoms with Gasteiger partial charge in [-0.25, -0.2) is 0 Å². The van der Waals surface area contributed by atoms with E-state index in [0.717, 1.165) is 6.54 Å². The summed E-state index contributed by atoms with van der Waals surface area (Å²) in [6.07, 6.45) is 3.71. The smallest absolute Gasteiger partial charge is 0.0415 e. The van der Waals surface area contributed by atoms with Crippen LogP contribution in [-0.2, 0) is 0 Å². The number of hydrogen-bond acceptors (Lipinski definition) is 2. The molecule has 1 unspecified atom stereocenters. The Morgan fingerprint density at radius 2 is 2.00 bits per heavy atom. The summed E-state index contributed by atoms with van der Waals surface area (Å²) in [4.78, 5) is 2.92. The molecule has 0 radical (unpaired) electrons. The van der Waals surface area contributed by atoms with Crippen molar-refractivity contribution in [3.8, 4) is 0 Å². The average Bonchev–Trinajstić information content (AvgIpc) is 2.63. The predicted molar refractivity (Wildman–Crippen MR) is 78.8 cm³/mol. The second kappa shape index (κ2) is 6.55. The Labute approximate surface area is 111 Å². The van der Waals surface area contributed by atoms with Gasteiger partial charge in [-0.1, -0.05) is 27.7 Å². The minimum Gasteiger partial charge on any atom is -0.309 e. The first kappa shape index (κ1) is 14.7. The van der Waals surface area contributed by atoms with Crippen LogP contribution >= 0.6 is 11.3 Å². The van der Waals surface area contributed by atoms with Gasteiger partial charge in [0.15, 0.2) is 0 Å². The van der Waals surface area contributed by atoms with Gasteiger partial charge in [-0.2, -0.15) is 0 Å². The zero-order chi connectivity index (χ0) is 12.9. The number of hydrogen-bond donors (Lipinski definition) is 1. The first-order valence-electron chi connectivity index (χ1n) is 6.72. The van der Waals surface area contributed by atoms with E-state index in [1.807, 2.05) is 11.3 Å². The van der Waals surface area contributed by atoms with Gasteiger partial charge in [0.2, 0.25) is 0 Å². The van der Waals surface area contributed by atoms with Gasteiger partial charge < -0.3 is 5.32 Å². The van der Waals surface area contributed by atoms with Crippen LogP contribution in [0.1, 0.15) is 62.8 Å². The molecule has 0 amide bonds. The normalized spacial score (nSPS) is 13.9. The third-order valence-electron chi connectivity index (χ3n) is 2.93. The minimum absolute atomic E-state index is 0.429. The van der Waals surface area contributed by atoms with E-state index >= 15 is 0 Å². The van der Waals surface area contributed by atoms with Crippen molar-refractivity contribution in [1.29, 1.82) is 0 Å². The average molecular weight is 253 g/mol. The van der Waals surface area contributed by atoms with E-state index in [2.05, 4.69) is 52.1 Å². The standard InChI is InChI=1S/C15H27NS/c1-6-11-16-13(9-10-15(3,4)5)14-8-7-12(2)17-14/h7-8,13,16H,6,9-11H2,1-5H3. The molecule has 0 saturated heterocycles. The van der Waals surface area contributed by atoms with Crippen molar-refractivity contribution < 1.29 is 0 Å². The summed E-state index contributed by atoms with van der Waals surface area (Å²) >= 11 is 1.93. The van der Waals surface area contributed by atoms with Crippen molar-refractivity contribution in [3.05, 3.63) is 21.9 Å². The number of nitrogens with one attached hydrogen (secondary N) is 1. The van der Waals surface area contributed by atoms with E-state index in [1.165, 1.54) is 29.0 Å². The van der Waals surface area contributed by atoms with Gasteiger partial charge in [-0.05, 0) is 50.3 Å². The molecule has 0 saturated carbocycles. The lowest BCUT2D eigenvalue weighted by Gasteiger charge is -2.23. The lowest BCUT2D eigenvalue weighted by molar-refractivity contribution is 0.333. The molecule has 1 heterocycles. The molecule has 0 fully saturated rings. The molecule has 0 aliphatic carbocycles. The lowest BCUT2D eigenvalue weighted by Crippen LogP contribution is -2.22. The fourth-order valence-corrected chi connectivity index (χ4v) is 2.87. The van der Waals surface area contributed by atoms with Crippen LogP contribution in [0.15, 0.2) is 12.1 Å². The predicted octanol–water partition coefficient (Wildman–Crippen LogP) is 4.92. The van der Waals surface area contributed by atoms with E-state index < -0.39 is 0 Å². The highest BCUT2D eigenvalue weighted by Gasteiger charge is 2.17. The van der Waals surface area contributed by atoms with Crippen molar-refractivity contribution in [1.82, 2.24) is 5.32 Å². The topological polar surface area (TPSA) is 12.0 Å². The van der Waals surface area contributed by atoms with Crippen LogP contribution in [0.5, 0.6) is 0 Å². The minimum atomic E-state index is 0.429. The zero-order valence-electron chi connectivity index (χ0n) is 12.0. The maximum Gasteiger partial charge on any atom is 0.0415 e. The quantitative estimate of drug-likeness (QED) is 0.758. The fraction of sp³-hybridized carbons (Fsp3) is 0.733. The van der Waals surface area contributed by atoms with Gasteiger partial charge in [0.1, 0.15) is 0 Å². The Morgan fingerprint density at radius 3 is 2.47 bits per heavy atom. The molecule has 1 atom stereocenters. The monoisotopic (exact) mass is 253 g/mol. The van der Waals surface area contributed by atoms with Gasteiger partial charge in [-0.15, -0.1) is 11.3 Å². The highest BCUT2D eigenvalue weighted by molar-refractivity contribution is 7.12. The molecule has 1 rings (SSSR count). The molecule has 1 aromatic heterocycles. The van der Waals surface area contributed by atoms with Crippen molar-refractivity contribution >= 4 is 11.3 Å². The van der Waals surface area contributed by atoms with E-state index in [4.69, 9.17) is 0 Å². The third-order valence-corrected chi connectivity index (χ3v) is 4.04. The summed E-state index contributed by atoms with van der Waals surface area (Å²) in [6.45, 7) is 12.5. The molecule has 0 aliphatic rings. The molecule has 98 valence electrons. The van der Waals surface area contributed by atoms with Crippen LogP contribution in [-0.4, -0.2) is 6.54 Å². The molecule has 1 N–H and O–H groups in total. The summed E-state index contributed by atoms with van der Waals surface area (Å²) < 4.78 is 0.